The zero-order valence-electron chi connectivity index (χ0n) is 18.2. The predicted octanol–water partition coefficient (Wildman–Crippen LogP) is 3.99. The third kappa shape index (κ3) is 5.11. The van der Waals surface area contributed by atoms with E-state index in [4.69, 9.17) is 0 Å². The molecule has 0 saturated heterocycles. The molecule has 4 aromatic rings. The molecule has 0 aliphatic carbocycles. The van der Waals surface area contributed by atoms with Crippen molar-refractivity contribution in [3.05, 3.63) is 84.3 Å². The molecule has 0 fully saturated rings. The van der Waals surface area contributed by atoms with Crippen LogP contribution < -0.4 is 10.6 Å². The van der Waals surface area contributed by atoms with Crippen molar-refractivity contribution in [1.82, 2.24) is 25.1 Å². The Bertz CT molecular complexity index is 1100. The Balaban J connectivity index is 1.39. The largest absolute Gasteiger partial charge is 0.369 e. The van der Waals surface area contributed by atoms with Crippen LogP contribution in [0.3, 0.4) is 0 Å². The lowest BCUT2D eigenvalue weighted by Crippen LogP contribution is -2.29. The monoisotopic (exact) mass is 428 g/mol. The third-order valence-electron chi connectivity index (χ3n) is 5.42. The molecule has 0 atom stereocenters. The highest BCUT2D eigenvalue weighted by Gasteiger charge is 2.18. The molecule has 2 aromatic carbocycles. The first-order valence-corrected chi connectivity index (χ1v) is 11.0. The van der Waals surface area contributed by atoms with Gasteiger partial charge >= 0.3 is 0 Å². The number of fused-ring (bicyclic) bond motifs is 1. The fraction of sp³-hybridized carbons (Fsp3) is 0.280. The Morgan fingerprint density at radius 2 is 1.66 bits per heavy atom. The molecule has 0 bridgehead atoms. The zero-order chi connectivity index (χ0) is 22.2. The molecule has 0 spiro atoms. The first-order chi connectivity index (χ1) is 15.8. The van der Waals surface area contributed by atoms with Crippen LogP contribution in [-0.2, 0) is 11.3 Å². The molecule has 7 nitrogen and oxygen atoms in total. The van der Waals surface area contributed by atoms with Crippen LogP contribution in [0.4, 0.5) is 5.82 Å². The minimum atomic E-state index is 0.0131. The van der Waals surface area contributed by atoms with E-state index in [1.165, 1.54) is 0 Å². The lowest BCUT2D eigenvalue weighted by molar-refractivity contribution is -0.121. The summed E-state index contributed by atoms with van der Waals surface area (Å²) < 4.78 is 1.81. The number of rotatable bonds is 10. The second-order valence-corrected chi connectivity index (χ2v) is 7.68. The van der Waals surface area contributed by atoms with Crippen LogP contribution in [0.25, 0.3) is 11.0 Å². The summed E-state index contributed by atoms with van der Waals surface area (Å²) in [6.07, 6.45) is 4.72. The summed E-state index contributed by atoms with van der Waals surface area (Å²) >= 11 is 0. The van der Waals surface area contributed by atoms with Crippen LogP contribution in [0.5, 0.6) is 0 Å². The molecule has 1 amide bonds. The Morgan fingerprint density at radius 1 is 0.969 bits per heavy atom. The van der Waals surface area contributed by atoms with Gasteiger partial charge in [-0.1, -0.05) is 67.6 Å². The van der Waals surface area contributed by atoms with E-state index in [1.807, 2.05) is 36.4 Å². The van der Waals surface area contributed by atoms with E-state index in [0.29, 0.717) is 19.5 Å². The number of aromatic nitrogens is 4. The molecule has 0 radical (unpaired) electrons. The predicted molar refractivity (Wildman–Crippen MR) is 126 cm³/mol. The second kappa shape index (κ2) is 10.5. The van der Waals surface area contributed by atoms with Crippen LogP contribution >= 0.6 is 0 Å². The van der Waals surface area contributed by atoms with Gasteiger partial charge in [0.15, 0.2) is 5.65 Å². The highest BCUT2D eigenvalue weighted by Crippen LogP contribution is 2.27. The number of carbonyl (C=O) groups is 1. The molecule has 7 heteroatoms. The summed E-state index contributed by atoms with van der Waals surface area (Å²) in [4.78, 5) is 21.5. The van der Waals surface area contributed by atoms with Crippen LogP contribution in [0.15, 0.2) is 73.2 Å². The van der Waals surface area contributed by atoms with Gasteiger partial charge in [-0.15, -0.1) is 0 Å². The van der Waals surface area contributed by atoms with Gasteiger partial charge in [-0.3, -0.25) is 4.79 Å². The van der Waals surface area contributed by atoms with Crippen molar-refractivity contribution in [2.24, 2.45) is 0 Å². The van der Waals surface area contributed by atoms with Crippen LogP contribution in [0.1, 0.15) is 36.8 Å². The number of hydrogen-bond donors (Lipinski definition) is 2. The van der Waals surface area contributed by atoms with Gasteiger partial charge in [0.25, 0.3) is 0 Å². The third-order valence-corrected chi connectivity index (χ3v) is 5.42. The lowest BCUT2D eigenvalue weighted by Gasteiger charge is -2.18. The quantitative estimate of drug-likeness (QED) is 0.399. The van der Waals surface area contributed by atoms with Crippen LogP contribution in [0.2, 0.25) is 0 Å². The number of hydrogen-bond acceptors (Lipinski definition) is 5. The molecular weight excluding hydrogens is 400 g/mol. The second-order valence-electron chi connectivity index (χ2n) is 7.68. The lowest BCUT2D eigenvalue weighted by atomic mass is 9.88. The number of carbonyl (C=O) groups excluding carboxylic acids is 1. The van der Waals surface area contributed by atoms with Crippen molar-refractivity contribution in [1.29, 1.82) is 0 Å². The highest BCUT2D eigenvalue weighted by molar-refractivity contribution is 5.86. The van der Waals surface area contributed by atoms with E-state index >= 15 is 0 Å². The molecule has 2 aromatic heterocycles. The number of amides is 1. The van der Waals surface area contributed by atoms with E-state index < -0.39 is 0 Å². The molecule has 0 saturated carbocycles. The molecule has 2 N–H and O–H groups in total. The Hall–Kier alpha value is -3.74. The van der Waals surface area contributed by atoms with Crippen molar-refractivity contribution < 1.29 is 4.79 Å². The zero-order valence-corrected chi connectivity index (χ0v) is 18.2. The number of anilines is 1. The van der Waals surface area contributed by atoms with Gasteiger partial charge in [0.05, 0.1) is 18.1 Å². The Labute approximate surface area is 187 Å². The van der Waals surface area contributed by atoms with Gasteiger partial charge < -0.3 is 10.6 Å². The topological polar surface area (TPSA) is 84.7 Å². The van der Waals surface area contributed by atoms with E-state index in [9.17, 15) is 4.79 Å². The molecule has 4 rings (SSSR count). The van der Waals surface area contributed by atoms with Gasteiger partial charge in [0.1, 0.15) is 12.1 Å². The van der Waals surface area contributed by atoms with Crippen molar-refractivity contribution in [3.63, 3.8) is 0 Å². The van der Waals surface area contributed by atoms with Gasteiger partial charge in [-0.2, -0.15) is 5.10 Å². The number of benzene rings is 2. The number of nitrogens with one attached hydrogen (secondary N) is 2. The van der Waals surface area contributed by atoms with Crippen molar-refractivity contribution in [2.45, 2.75) is 32.2 Å². The average Bonchev–Trinajstić information content (AvgIpc) is 3.26. The van der Waals surface area contributed by atoms with Crippen LogP contribution in [-0.4, -0.2) is 38.7 Å². The first-order valence-electron chi connectivity index (χ1n) is 11.0. The summed E-state index contributed by atoms with van der Waals surface area (Å²) in [6.45, 7) is 3.98. The molecule has 2 heterocycles. The Kier molecular flexibility index (Phi) is 7.07. The fourth-order valence-corrected chi connectivity index (χ4v) is 3.80. The van der Waals surface area contributed by atoms with Gasteiger partial charge in [-0.25, -0.2) is 14.6 Å². The minimum Gasteiger partial charge on any atom is -0.369 e. The van der Waals surface area contributed by atoms with Crippen molar-refractivity contribution in [3.8, 4) is 0 Å². The molecule has 32 heavy (non-hydrogen) atoms. The smallest absolute Gasteiger partial charge is 0.221 e. The first kappa shape index (κ1) is 21.5. The molecular formula is C25H28N6O. The summed E-state index contributed by atoms with van der Waals surface area (Å²) in [5.41, 5.74) is 3.03. The summed E-state index contributed by atoms with van der Waals surface area (Å²) in [5.74, 6) is 0.822. The minimum absolute atomic E-state index is 0.0131. The maximum Gasteiger partial charge on any atom is 0.221 e. The number of nitrogens with zero attached hydrogens (tertiary/aromatic N) is 4. The van der Waals surface area contributed by atoms with Gasteiger partial charge in [0.2, 0.25) is 5.91 Å². The molecule has 0 aliphatic heterocycles. The SMILES string of the molecule is CCCNc1ncnc2c1cnn2CCNC(=O)CC(c1ccccc1)c1ccccc1. The summed E-state index contributed by atoms with van der Waals surface area (Å²) in [5, 5.41) is 11.7. The Morgan fingerprint density at radius 3 is 2.31 bits per heavy atom. The summed E-state index contributed by atoms with van der Waals surface area (Å²) in [6, 6.07) is 20.3. The highest BCUT2D eigenvalue weighted by atomic mass is 16.1. The standard InChI is InChI=1S/C25H28N6O/c1-2-13-27-24-22-17-30-31(25(22)29-18-28-24)15-14-26-23(32)16-21(19-9-5-3-6-10-19)20-11-7-4-8-12-20/h3-12,17-18,21H,2,13-16H2,1H3,(H,26,32)(H,27,28,29). The van der Waals surface area contributed by atoms with E-state index in [-0.39, 0.29) is 11.8 Å². The van der Waals surface area contributed by atoms with Gasteiger partial charge in [-0.05, 0) is 17.5 Å². The maximum absolute atomic E-state index is 12.8. The molecule has 0 unspecified atom stereocenters. The van der Waals surface area contributed by atoms with Gasteiger partial charge in [0, 0.05) is 25.4 Å². The average molecular weight is 429 g/mol. The fourth-order valence-electron chi connectivity index (χ4n) is 3.80. The van der Waals surface area contributed by atoms with Crippen molar-refractivity contribution >= 4 is 22.8 Å². The van der Waals surface area contributed by atoms with Crippen LogP contribution in [0, 0.1) is 0 Å². The van der Waals surface area contributed by atoms with E-state index in [1.54, 1.807) is 17.2 Å². The molecule has 0 aliphatic rings. The van der Waals surface area contributed by atoms with Crippen molar-refractivity contribution in [2.75, 3.05) is 18.4 Å². The van der Waals surface area contributed by atoms with E-state index in [0.717, 1.165) is 40.9 Å². The molecule has 164 valence electrons. The summed E-state index contributed by atoms with van der Waals surface area (Å²) in [7, 11) is 0. The normalized spacial score (nSPS) is 11.1. The van der Waals surface area contributed by atoms with E-state index in [2.05, 4.69) is 56.9 Å². The maximum atomic E-state index is 12.8.